The van der Waals surface area contributed by atoms with Gasteiger partial charge in [0, 0.05) is 36.4 Å². The molecule has 36 heavy (non-hydrogen) atoms. The fourth-order valence-electron chi connectivity index (χ4n) is 5.06. The van der Waals surface area contributed by atoms with E-state index in [0.29, 0.717) is 34.9 Å². The first kappa shape index (κ1) is 25.4. The maximum atomic E-state index is 13.7. The second-order valence-electron chi connectivity index (χ2n) is 8.96. The van der Waals surface area contributed by atoms with Crippen molar-refractivity contribution in [2.75, 3.05) is 34.5 Å². The van der Waals surface area contributed by atoms with Gasteiger partial charge >= 0.3 is 5.97 Å². The van der Waals surface area contributed by atoms with E-state index >= 15 is 0 Å². The Kier molecular flexibility index (Phi) is 7.74. The van der Waals surface area contributed by atoms with Crippen LogP contribution in [0.4, 0.5) is 0 Å². The Morgan fingerprint density at radius 2 is 1.67 bits per heavy atom. The van der Waals surface area contributed by atoms with Crippen LogP contribution in [0.2, 0.25) is 0 Å². The van der Waals surface area contributed by atoms with Crippen molar-refractivity contribution in [2.45, 2.75) is 31.6 Å². The molecule has 0 saturated carbocycles. The van der Waals surface area contributed by atoms with Crippen molar-refractivity contribution in [3.63, 3.8) is 0 Å². The molecular formula is C28H31NO7. The second kappa shape index (κ2) is 11.0. The summed E-state index contributed by atoms with van der Waals surface area (Å²) >= 11 is 0. The smallest absolute Gasteiger partial charge is 0.315 e. The van der Waals surface area contributed by atoms with Crippen LogP contribution in [0.15, 0.2) is 58.7 Å². The zero-order valence-electron chi connectivity index (χ0n) is 20.9. The van der Waals surface area contributed by atoms with Crippen molar-refractivity contribution in [3.05, 3.63) is 64.9 Å². The van der Waals surface area contributed by atoms with Gasteiger partial charge < -0.3 is 24.1 Å². The van der Waals surface area contributed by atoms with Crippen LogP contribution in [0.5, 0.6) is 17.2 Å². The van der Waals surface area contributed by atoms with Gasteiger partial charge in [-0.2, -0.15) is 0 Å². The van der Waals surface area contributed by atoms with Crippen LogP contribution >= 0.6 is 0 Å². The Morgan fingerprint density at radius 3 is 2.33 bits per heavy atom. The van der Waals surface area contributed by atoms with Crippen molar-refractivity contribution in [1.82, 2.24) is 0 Å². The van der Waals surface area contributed by atoms with Gasteiger partial charge in [0.1, 0.15) is 18.3 Å². The van der Waals surface area contributed by atoms with Crippen molar-refractivity contribution < 1.29 is 33.6 Å². The van der Waals surface area contributed by atoms with Gasteiger partial charge in [0.25, 0.3) is 0 Å². The summed E-state index contributed by atoms with van der Waals surface area (Å²) in [6.45, 7) is 2.19. The average molecular weight is 494 g/mol. The van der Waals surface area contributed by atoms with E-state index in [1.165, 1.54) is 7.11 Å². The van der Waals surface area contributed by atoms with Crippen LogP contribution in [-0.4, -0.2) is 57.1 Å². The molecule has 0 bridgehead atoms. The minimum atomic E-state index is -0.744. The molecule has 0 amide bonds. The number of benzene rings is 2. The number of hydrogen-bond donors (Lipinski definition) is 1. The highest BCUT2D eigenvalue weighted by Gasteiger charge is 2.44. The van der Waals surface area contributed by atoms with Crippen molar-refractivity contribution in [3.8, 4) is 17.2 Å². The van der Waals surface area contributed by atoms with E-state index in [-0.39, 0.29) is 37.1 Å². The van der Waals surface area contributed by atoms with Gasteiger partial charge in [0.2, 0.25) is 0 Å². The molecular weight excluding hydrogens is 462 g/mol. The quantitative estimate of drug-likeness (QED) is 0.435. The van der Waals surface area contributed by atoms with Crippen molar-refractivity contribution in [2.24, 2.45) is 10.9 Å². The molecule has 4 rings (SSSR count). The van der Waals surface area contributed by atoms with E-state index in [4.69, 9.17) is 23.9 Å². The monoisotopic (exact) mass is 493 g/mol. The summed E-state index contributed by atoms with van der Waals surface area (Å²) in [5.74, 6) is -0.551. The Labute approximate surface area is 210 Å². The van der Waals surface area contributed by atoms with E-state index in [9.17, 15) is 14.7 Å². The largest absolute Gasteiger partial charge is 0.508 e. The summed E-state index contributed by atoms with van der Waals surface area (Å²) in [6, 6.07) is 12.3. The van der Waals surface area contributed by atoms with Gasteiger partial charge in [0.05, 0.1) is 20.8 Å². The van der Waals surface area contributed by atoms with E-state index in [1.54, 1.807) is 45.4 Å². The standard InChI is InChI=1S/C28H31NO7/c1-16-25(28(32)36-12-11-33-2)26(17-5-8-20(30)9-6-17)27-21(29-16)13-19(14-22(27)31)18-7-10-23(34-3)24(15-18)35-4/h5-10,15,19,25-26,30H,11-14H2,1-4H3/t19-,25?,26-/m0/s1. The molecule has 1 aliphatic carbocycles. The number of esters is 1. The van der Waals surface area contributed by atoms with Crippen LogP contribution in [0.3, 0.4) is 0 Å². The highest BCUT2D eigenvalue weighted by molar-refractivity contribution is 6.09. The lowest BCUT2D eigenvalue weighted by atomic mass is 9.69. The summed E-state index contributed by atoms with van der Waals surface area (Å²) in [6.07, 6.45) is 0.830. The molecule has 0 aromatic heterocycles. The predicted molar refractivity (Wildman–Crippen MR) is 134 cm³/mol. The van der Waals surface area contributed by atoms with Gasteiger partial charge in [-0.05, 0) is 54.7 Å². The molecule has 0 saturated heterocycles. The van der Waals surface area contributed by atoms with Crippen LogP contribution < -0.4 is 9.47 Å². The van der Waals surface area contributed by atoms with Gasteiger partial charge in [-0.25, -0.2) is 0 Å². The number of aromatic hydroxyl groups is 1. The number of phenols is 1. The molecule has 2 aromatic carbocycles. The molecule has 0 fully saturated rings. The van der Waals surface area contributed by atoms with Crippen LogP contribution in [0.25, 0.3) is 0 Å². The maximum absolute atomic E-state index is 13.7. The molecule has 2 aliphatic rings. The number of nitrogens with zero attached hydrogens (tertiary/aromatic N) is 1. The first-order valence-electron chi connectivity index (χ1n) is 11.9. The summed E-state index contributed by atoms with van der Waals surface area (Å²) in [5.41, 5.74) is 3.53. The van der Waals surface area contributed by atoms with Crippen molar-refractivity contribution in [1.29, 1.82) is 0 Å². The van der Waals surface area contributed by atoms with Gasteiger partial charge in [-0.3, -0.25) is 14.6 Å². The molecule has 1 aliphatic heterocycles. The molecule has 8 heteroatoms. The van der Waals surface area contributed by atoms with Crippen LogP contribution in [0.1, 0.15) is 42.7 Å². The number of allylic oxidation sites excluding steroid dienone is 2. The first-order chi connectivity index (χ1) is 17.4. The lowest BCUT2D eigenvalue weighted by molar-refractivity contribution is -0.147. The number of phenolic OH excluding ortho intramolecular Hbond substituents is 1. The first-order valence-corrected chi connectivity index (χ1v) is 11.9. The van der Waals surface area contributed by atoms with Crippen LogP contribution in [-0.2, 0) is 19.1 Å². The average Bonchev–Trinajstić information content (AvgIpc) is 2.87. The summed E-state index contributed by atoms with van der Waals surface area (Å²) < 4.78 is 21.3. The Bertz CT molecular complexity index is 1200. The molecule has 3 atom stereocenters. The van der Waals surface area contributed by atoms with E-state index in [2.05, 4.69) is 0 Å². The predicted octanol–water partition coefficient (Wildman–Crippen LogP) is 4.17. The highest BCUT2D eigenvalue weighted by atomic mass is 16.6. The summed E-state index contributed by atoms with van der Waals surface area (Å²) in [4.78, 5) is 31.6. The molecule has 0 spiro atoms. The molecule has 1 unspecified atom stereocenters. The minimum Gasteiger partial charge on any atom is -0.508 e. The fraction of sp³-hybridized carbons (Fsp3) is 0.393. The molecule has 1 heterocycles. The number of aliphatic imine (C=N–C) groups is 1. The Balaban J connectivity index is 1.73. The number of methoxy groups -OCH3 is 3. The van der Waals surface area contributed by atoms with Gasteiger partial charge in [0.15, 0.2) is 17.3 Å². The Morgan fingerprint density at radius 1 is 0.972 bits per heavy atom. The number of rotatable bonds is 8. The third-order valence-electron chi connectivity index (χ3n) is 6.81. The normalized spacial score (nSPS) is 21.5. The molecule has 0 radical (unpaired) electrons. The summed E-state index contributed by atoms with van der Waals surface area (Å²) in [5, 5.41) is 9.82. The third kappa shape index (κ3) is 4.99. The van der Waals surface area contributed by atoms with E-state index < -0.39 is 17.8 Å². The topological polar surface area (TPSA) is 104 Å². The van der Waals surface area contributed by atoms with Gasteiger partial charge in [-0.1, -0.05) is 18.2 Å². The number of ether oxygens (including phenoxy) is 4. The Hall–Kier alpha value is -3.65. The second-order valence-corrected chi connectivity index (χ2v) is 8.96. The number of carbonyl (C=O) groups is 2. The molecule has 1 N–H and O–H groups in total. The maximum Gasteiger partial charge on any atom is 0.315 e. The summed E-state index contributed by atoms with van der Waals surface area (Å²) in [7, 11) is 4.70. The van der Waals surface area contributed by atoms with E-state index in [1.807, 2.05) is 18.2 Å². The third-order valence-corrected chi connectivity index (χ3v) is 6.81. The number of carbonyl (C=O) groups excluding carboxylic acids is 2. The molecule has 2 aromatic rings. The number of ketones is 1. The van der Waals surface area contributed by atoms with E-state index in [0.717, 1.165) is 11.1 Å². The number of Topliss-reactive ketones (excluding diaryl/α,β-unsaturated/α-hetero) is 1. The SMILES string of the molecule is COCCOC(=O)C1C(C)=NC2=C(C(=O)C[C@@H](c3ccc(OC)c(OC)c3)C2)[C@H]1c1ccc(O)cc1. The lowest BCUT2D eigenvalue weighted by Crippen LogP contribution is -2.38. The zero-order valence-corrected chi connectivity index (χ0v) is 20.9. The highest BCUT2D eigenvalue weighted by Crippen LogP contribution is 2.47. The molecule has 190 valence electrons. The van der Waals surface area contributed by atoms with Crippen LogP contribution in [0, 0.1) is 5.92 Å². The van der Waals surface area contributed by atoms with Gasteiger partial charge in [-0.15, -0.1) is 0 Å². The zero-order chi connectivity index (χ0) is 25.8. The van der Waals surface area contributed by atoms with Crippen molar-refractivity contribution >= 4 is 17.5 Å². The number of hydrogen-bond acceptors (Lipinski definition) is 8. The molecule has 8 nitrogen and oxygen atoms in total. The lowest BCUT2D eigenvalue weighted by Gasteiger charge is -2.36. The minimum absolute atomic E-state index is 0.0555. The fourth-order valence-corrected chi connectivity index (χ4v) is 5.06.